The molecule has 0 aromatic heterocycles. The standard InChI is InChI=1S/C20H20N2O4/c1-20(15-9-10-16-17(12-15)26-13-25-16)18(23)22(19(24)21-20)11-5-8-14-6-3-2-4-7-14/h2-4,6-7,9-10,12H,5,8,11,13H2,1H3,(H,21,24)/t20-/m1/s1. The van der Waals surface area contributed by atoms with Gasteiger partial charge < -0.3 is 14.8 Å². The van der Waals surface area contributed by atoms with E-state index in [0.717, 1.165) is 12.8 Å². The SMILES string of the molecule is C[C@]1(c2ccc3c(c2)OCO3)NC(=O)N(CCCc2ccccc2)C1=O. The van der Waals surface area contributed by atoms with E-state index in [-0.39, 0.29) is 18.7 Å². The van der Waals surface area contributed by atoms with E-state index in [1.165, 1.54) is 10.5 Å². The summed E-state index contributed by atoms with van der Waals surface area (Å²) < 4.78 is 10.7. The average molecular weight is 352 g/mol. The van der Waals surface area contributed by atoms with E-state index >= 15 is 0 Å². The number of hydrogen-bond acceptors (Lipinski definition) is 4. The zero-order chi connectivity index (χ0) is 18.1. The number of nitrogens with one attached hydrogen (secondary N) is 1. The molecule has 2 aliphatic rings. The summed E-state index contributed by atoms with van der Waals surface area (Å²) >= 11 is 0. The minimum absolute atomic E-state index is 0.168. The van der Waals surface area contributed by atoms with Crippen molar-refractivity contribution in [3.8, 4) is 11.5 Å². The minimum atomic E-state index is -1.09. The van der Waals surface area contributed by atoms with Crippen molar-refractivity contribution in [3.63, 3.8) is 0 Å². The number of hydrogen-bond donors (Lipinski definition) is 1. The van der Waals surface area contributed by atoms with Gasteiger partial charge in [-0.2, -0.15) is 0 Å². The van der Waals surface area contributed by atoms with Crippen LogP contribution in [0.2, 0.25) is 0 Å². The van der Waals surface area contributed by atoms with Crippen LogP contribution in [0.15, 0.2) is 48.5 Å². The number of ether oxygens (including phenoxy) is 2. The topological polar surface area (TPSA) is 67.9 Å². The van der Waals surface area contributed by atoms with Crippen molar-refractivity contribution in [1.82, 2.24) is 10.2 Å². The van der Waals surface area contributed by atoms with E-state index in [0.29, 0.717) is 23.6 Å². The van der Waals surface area contributed by atoms with Crippen LogP contribution in [0.25, 0.3) is 0 Å². The van der Waals surface area contributed by atoms with E-state index in [1.807, 2.05) is 30.3 Å². The van der Waals surface area contributed by atoms with Gasteiger partial charge in [-0.05, 0) is 43.0 Å². The maximum atomic E-state index is 13.0. The predicted octanol–water partition coefficient (Wildman–Crippen LogP) is 2.82. The number of imide groups is 1. The Morgan fingerprint density at radius 2 is 1.85 bits per heavy atom. The lowest BCUT2D eigenvalue weighted by atomic mass is 9.91. The van der Waals surface area contributed by atoms with Crippen LogP contribution in [-0.2, 0) is 16.8 Å². The van der Waals surface area contributed by atoms with Gasteiger partial charge in [-0.25, -0.2) is 4.79 Å². The van der Waals surface area contributed by atoms with Gasteiger partial charge in [-0.3, -0.25) is 9.69 Å². The van der Waals surface area contributed by atoms with Crippen LogP contribution in [0.1, 0.15) is 24.5 Å². The van der Waals surface area contributed by atoms with Gasteiger partial charge in [0.2, 0.25) is 6.79 Å². The highest BCUT2D eigenvalue weighted by atomic mass is 16.7. The second-order valence-corrected chi connectivity index (χ2v) is 6.67. The Hall–Kier alpha value is -3.02. The van der Waals surface area contributed by atoms with Crippen LogP contribution >= 0.6 is 0 Å². The zero-order valence-corrected chi connectivity index (χ0v) is 14.5. The Morgan fingerprint density at radius 1 is 1.08 bits per heavy atom. The molecule has 0 saturated carbocycles. The highest BCUT2D eigenvalue weighted by Crippen LogP contribution is 2.37. The molecule has 0 unspecified atom stereocenters. The summed E-state index contributed by atoms with van der Waals surface area (Å²) in [4.78, 5) is 26.6. The molecule has 2 aliphatic heterocycles. The Bertz CT molecular complexity index is 852. The molecule has 134 valence electrons. The van der Waals surface area contributed by atoms with Crippen LogP contribution in [0.3, 0.4) is 0 Å². The lowest BCUT2D eigenvalue weighted by Gasteiger charge is -2.22. The summed E-state index contributed by atoms with van der Waals surface area (Å²) in [6.45, 7) is 2.28. The first-order chi connectivity index (χ1) is 12.6. The van der Waals surface area contributed by atoms with E-state index in [9.17, 15) is 9.59 Å². The van der Waals surface area contributed by atoms with Gasteiger partial charge in [0.05, 0.1) is 0 Å². The van der Waals surface area contributed by atoms with E-state index in [4.69, 9.17) is 9.47 Å². The molecular weight excluding hydrogens is 332 g/mol. The van der Waals surface area contributed by atoms with Gasteiger partial charge in [-0.1, -0.05) is 36.4 Å². The number of aryl methyl sites for hydroxylation is 1. The zero-order valence-electron chi connectivity index (χ0n) is 14.5. The molecule has 1 fully saturated rings. The molecule has 0 radical (unpaired) electrons. The van der Waals surface area contributed by atoms with Crippen LogP contribution in [-0.4, -0.2) is 30.2 Å². The molecule has 0 bridgehead atoms. The predicted molar refractivity (Wildman–Crippen MR) is 94.9 cm³/mol. The third-order valence-corrected chi connectivity index (χ3v) is 4.91. The summed E-state index contributed by atoms with van der Waals surface area (Å²) in [7, 11) is 0. The number of rotatable bonds is 5. The van der Waals surface area contributed by atoms with Gasteiger partial charge in [0.15, 0.2) is 11.5 Å². The quantitative estimate of drug-likeness (QED) is 0.840. The normalized spacial score (nSPS) is 21.2. The lowest BCUT2D eigenvalue weighted by Crippen LogP contribution is -2.41. The van der Waals surface area contributed by atoms with Gasteiger partial charge in [0.1, 0.15) is 5.54 Å². The molecule has 2 aromatic carbocycles. The Morgan fingerprint density at radius 3 is 2.65 bits per heavy atom. The number of fused-ring (bicyclic) bond motifs is 1. The maximum Gasteiger partial charge on any atom is 0.325 e. The molecule has 2 aromatic rings. The molecule has 2 heterocycles. The van der Waals surface area contributed by atoms with Crippen molar-refractivity contribution in [2.45, 2.75) is 25.3 Å². The van der Waals surface area contributed by atoms with Crippen LogP contribution in [0.5, 0.6) is 11.5 Å². The highest BCUT2D eigenvalue weighted by molar-refractivity contribution is 6.07. The number of nitrogens with zero attached hydrogens (tertiary/aromatic N) is 1. The first kappa shape index (κ1) is 16.4. The Kier molecular flexibility index (Phi) is 4.03. The summed E-state index contributed by atoms with van der Waals surface area (Å²) in [6, 6.07) is 15.0. The summed E-state index contributed by atoms with van der Waals surface area (Å²) in [5.74, 6) is 0.997. The molecule has 6 heteroatoms. The molecule has 1 saturated heterocycles. The fraction of sp³-hybridized carbons (Fsp3) is 0.300. The van der Waals surface area contributed by atoms with Crippen LogP contribution in [0.4, 0.5) is 4.79 Å². The molecule has 0 aliphatic carbocycles. The summed E-state index contributed by atoms with van der Waals surface area (Å²) in [5.41, 5.74) is 0.786. The van der Waals surface area contributed by atoms with Crippen LogP contribution in [0, 0.1) is 0 Å². The molecule has 4 rings (SSSR count). The first-order valence-electron chi connectivity index (χ1n) is 8.66. The minimum Gasteiger partial charge on any atom is -0.454 e. The van der Waals surface area contributed by atoms with E-state index in [2.05, 4.69) is 5.32 Å². The molecule has 1 N–H and O–H groups in total. The first-order valence-corrected chi connectivity index (χ1v) is 8.66. The number of benzene rings is 2. The number of carbonyl (C=O) groups excluding carboxylic acids is 2. The fourth-order valence-electron chi connectivity index (χ4n) is 3.39. The summed E-state index contributed by atoms with van der Waals surface area (Å²) in [6.07, 6.45) is 1.54. The molecule has 26 heavy (non-hydrogen) atoms. The Balaban J connectivity index is 1.47. The molecule has 1 atom stereocenters. The highest BCUT2D eigenvalue weighted by Gasteiger charge is 2.49. The smallest absolute Gasteiger partial charge is 0.325 e. The molecular formula is C20H20N2O4. The van der Waals surface area contributed by atoms with Crippen molar-refractivity contribution in [2.24, 2.45) is 0 Å². The second kappa shape index (κ2) is 6.37. The second-order valence-electron chi connectivity index (χ2n) is 6.67. The monoisotopic (exact) mass is 352 g/mol. The fourth-order valence-corrected chi connectivity index (χ4v) is 3.39. The van der Waals surface area contributed by atoms with Gasteiger partial charge in [0, 0.05) is 6.54 Å². The molecule has 3 amide bonds. The summed E-state index contributed by atoms with van der Waals surface area (Å²) in [5, 5.41) is 2.83. The molecule has 6 nitrogen and oxygen atoms in total. The number of urea groups is 1. The van der Waals surface area contributed by atoms with Gasteiger partial charge in [0.25, 0.3) is 5.91 Å². The number of carbonyl (C=O) groups is 2. The van der Waals surface area contributed by atoms with Crippen molar-refractivity contribution in [1.29, 1.82) is 0 Å². The van der Waals surface area contributed by atoms with E-state index < -0.39 is 5.54 Å². The van der Waals surface area contributed by atoms with Crippen molar-refractivity contribution >= 4 is 11.9 Å². The van der Waals surface area contributed by atoms with Crippen molar-refractivity contribution in [3.05, 3.63) is 59.7 Å². The van der Waals surface area contributed by atoms with Gasteiger partial charge >= 0.3 is 6.03 Å². The van der Waals surface area contributed by atoms with Crippen LogP contribution < -0.4 is 14.8 Å². The van der Waals surface area contributed by atoms with Crippen molar-refractivity contribution in [2.75, 3.05) is 13.3 Å². The largest absolute Gasteiger partial charge is 0.454 e. The number of amides is 3. The Labute approximate surface area is 151 Å². The third-order valence-electron chi connectivity index (χ3n) is 4.91. The third kappa shape index (κ3) is 2.77. The molecule has 0 spiro atoms. The lowest BCUT2D eigenvalue weighted by molar-refractivity contribution is -0.131. The van der Waals surface area contributed by atoms with Crippen molar-refractivity contribution < 1.29 is 19.1 Å². The van der Waals surface area contributed by atoms with Gasteiger partial charge in [-0.15, -0.1) is 0 Å². The average Bonchev–Trinajstić information content (AvgIpc) is 3.20. The van der Waals surface area contributed by atoms with E-state index in [1.54, 1.807) is 25.1 Å². The maximum absolute atomic E-state index is 13.0.